The Hall–Kier alpha value is -0.570. The molecule has 2 fully saturated rings. The lowest BCUT2D eigenvalue weighted by Gasteiger charge is -2.50. The minimum atomic E-state index is 0. The van der Waals surface area contributed by atoms with Gasteiger partial charge in [-0.1, -0.05) is 36.2 Å². The second-order valence-electron chi connectivity index (χ2n) is 8.42. The largest absolute Gasteiger partial charge is 0.354 e. The zero-order valence-electron chi connectivity index (χ0n) is 18.2. The molecule has 0 saturated carbocycles. The van der Waals surface area contributed by atoms with Crippen molar-refractivity contribution in [2.45, 2.75) is 44.2 Å². The van der Waals surface area contributed by atoms with Crippen molar-refractivity contribution in [3.8, 4) is 0 Å². The van der Waals surface area contributed by atoms with Crippen LogP contribution in [0, 0.1) is 0 Å². The van der Waals surface area contributed by atoms with Gasteiger partial charge in [0, 0.05) is 37.7 Å². The van der Waals surface area contributed by atoms with E-state index in [1.807, 2.05) is 25.2 Å². The Balaban J connectivity index is 0.00000300. The lowest BCUT2D eigenvalue weighted by atomic mass is 9.84. The summed E-state index contributed by atoms with van der Waals surface area (Å²) in [6.07, 6.45) is 6.49. The number of rotatable bonds is 5. The Morgan fingerprint density at radius 3 is 2.41 bits per heavy atom. The molecule has 3 rings (SSSR count). The zero-order chi connectivity index (χ0) is 20.0. The van der Waals surface area contributed by atoms with Gasteiger partial charge in [-0.3, -0.25) is 9.89 Å². The molecule has 1 aromatic carbocycles. The Morgan fingerprint density at radius 2 is 1.79 bits per heavy atom. The summed E-state index contributed by atoms with van der Waals surface area (Å²) < 4.78 is 0. The van der Waals surface area contributed by atoms with E-state index in [1.165, 1.54) is 58.3 Å². The van der Waals surface area contributed by atoms with Gasteiger partial charge in [0.2, 0.25) is 0 Å². The van der Waals surface area contributed by atoms with Crippen molar-refractivity contribution in [3.63, 3.8) is 0 Å². The number of guanidine groups is 1. The van der Waals surface area contributed by atoms with Crippen LogP contribution in [-0.2, 0) is 6.54 Å². The molecule has 0 spiro atoms. The van der Waals surface area contributed by atoms with E-state index in [4.69, 9.17) is 11.6 Å². The van der Waals surface area contributed by atoms with Crippen LogP contribution in [0.3, 0.4) is 0 Å². The third-order valence-electron chi connectivity index (χ3n) is 6.46. The maximum atomic E-state index is 6.35. The van der Waals surface area contributed by atoms with Crippen molar-refractivity contribution in [2.75, 3.05) is 53.9 Å². The first-order valence-corrected chi connectivity index (χ1v) is 11.0. The number of aliphatic imine (C=N–C) groups is 1. The quantitative estimate of drug-likeness (QED) is 0.354. The first-order chi connectivity index (χ1) is 13.5. The predicted molar refractivity (Wildman–Crippen MR) is 135 cm³/mol. The Bertz CT molecular complexity index is 654. The molecular weight excluding hydrogens is 497 g/mol. The predicted octanol–water partition coefficient (Wildman–Crippen LogP) is 3.92. The maximum absolute atomic E-state index is 6.35. The summed E-state index contributed by atoms with van der Waals surface area (Å²) in [7, 11) is 6.19. The standard InChI is InChI=1S/C22H36ClN5.HI/c1-24-21(27(3)17-19-9-5-6-10-20(19)23)25-18-22(11-15-26(2)16-12-22)28-13-7-4-8-14-28;/h5-6,9-10H,4,7-8,11-18H2,1-3H3,(H,24,25);1H. The maximum Gasteiger partial charge on any atom is 0.193 e. The van der Waals surface area contributed by atoms with Crippen LogP contribution in [0.1, 0.15) is 37.7 Å². The summed E-state index contributed by atoms with van der Waals surface area (Å²) in [5.74, 6) is 0.940. The van der Waals surface area contributed by atoms with E-state index in [2.05, 4.69) is 45.2 Å². The summed E-state index contributed by atoms with van der Waals surface area (Å²) in [6, 6.07) is 8.04. The average molecular weight is 534 g/mol. The molecular formula is C22H37ClIN5. The fourth-order valence-electron chi connectivity index (χ4n) is 4.59. The zero-order valence-corrected chi connectivity index (χ0v) is 21.2. The van der Waals surface area contributed by atoms with E-state index < -0.39 is 0 Å². The highest BCUT2D eigenvalue weighted by Gasteiger charge is 2.39. The highest BCUT2D eigenvalue weighted by atomic mass is 127. The van der Waals surface area contributed by atoms with Crippen molar-refractivity contribution in [1.82, 2.24) is 20.0 Å². The molecule has 2 saturated heterocycles. The number of nitrogens with zero attached hydrogens (tertiary/aromatic N) is 4. The smallest absolute Gasteiger partial charge is 0.193 e. The molecule has 0 amide bonds. The van der Waals surface area contributed by atoms with Gasteiger partial charge >= 0.3 is 0 Å². The lowest BCUT2D eigenvalue weighted by Crippen LogP contribution is -2.62. The van der Waals surface area contributed by atoms with Crippen molar-refractivity contribution in [2.24, 2.45) is 4.99 Å². The number of hydrogen-bond acceptors (Lipinski definition) is 3. The first kappa shape index (κ1) is 24.7. The number of halogens is 2. The van der Waals surface area contributed by atoms with E-state index in [0.29, 0.717) is 0 Å². The van der Waals surface area contributed by atoms with Crippen LogP contribution in [0.15, 0.2) is 29.3 Å². The van der Waals surface area contributed by atoms with Crippen molar-refractivity contribution < 1.29 is 0 Å². The molecule has 0 aromatic heterocycles. The van der Waals surface area contributed by atoms with Crippen LogP contribution in [-0.4, -0.2) is 80.1 Å². The minimum Gasteiger partial charge on any atom is -0.354 e. The Morgan fingerprint density at radius 1 is 1.14 bits per heavy atom. The van der Waals surface area contributed by atoms with E-state index in [9.17, 15) is 0 Å². The van der Waals surface area contributed by atoms with Gasteiger partial charge < -0.3 is 15.1 Å². The molecule has 0 bridgehead atoms. The second kappa shape index (κ2) is 11.7. The summed E-state index contributed by atoms with van der Waals surface area (Å²) >= 11 is 6.35. The van der Waals surface area contributed by atoms with Gasteiger partial charge in [0.05, 0.1) is 0 Å². The topological polar surface area (TPSA) is 34.1 Å². The third-order valence-corrected chi connectivity index (χ3v) is 6.83. The van der Waals surface area contributed by atoms with Gasteiger partial charge in [0.1, 0.15) is 0 Å². The molecule has 2 heterocycles. The Labute approximate surface area is 198 Å². The van der Waals surface area contributed by atoms with Crippen LogP contribution < -0.4 is 5.32 Å². The molecule has 1 aromatic rings. The van der Waals surface area contributed by atoms with Gasteiger partial charge in [-0.05, 0) is 70.5 Å². The summed E-state index contributed by atoms with van der Waals surface area (Å²) in [4.78, 5) is 11.9. The number of hydrogen-bond donors (Lipinski definition) is 1. The average Bonchev–Trinajstić information content (AvgIpc) is 2.72. The molecule has 2 aliphatic rings. The van der Waals surface area contributed by atoms with Crippen LogP contribution in [0.2, 0.25) is 5.02 Å². The van der Waals surface area contributed by atoms with Gasteiger partial charge in [0.25, 0.3) is 0 Å². The highest BCUT2D eigenvalue weighted by Crippen LogP contribution is 2.31. The fourth-order valence-corrected chi connectivity index (χ4v) is 4.79. The second-order valence-corrected chi connectivity index (χ2v) is 8.83. The first-order valence-electron chi connectivity index (χ1n) is 10.6. The van der Waals surface area contributed by atoms with Gasteiger partial charge in [-0.15, -0.1) is 24.0 Å². The molecule has 29 heavy (non-hydrogen) atoms. The third kappa shape index (κ3) is 6.45. The van der Waals surface area contributed by atoms with Gasteiger partial charge in [-0.2, -0.15) is 0 Å². The van der Waals surface area contributed by atoms with E-state index in [0.717, 1.165) is 29.6 Å². The van der Waals surface area contributed by atoms with Crippen LogP contribution >= 0.6 is 35.6 Å². The number of likely N-dealkylation sites (tertiary alicyclic amines) is 2. The Kier molecular flexibility index (Phi) is 9.98. The van der Waals surface area contributed by atoms with Crippen LogP contribution in [0.5, 0.6) is 0 Å². The number of nitrogens with one attached hydrogen (secondary N) is 1. The summed E-state index contributed by atoms with van der Waals surface area (Å²) in [5, 5.41) is 4.51. The molecule has 5 nitrogen and oxygen atoms in total. The highest BCUT2D eigenvalue weighted by molar-refractivity contribution is 14.0. The van der Waals surface area contributed by atoms with Crippen molar-refractivity contribution in [1.29, 1.82) is 0 Å². The van der Waals surface area contributed by atoms with Gasteiger partial charge in [0.15, 0.2) is 5.96 Å². The molecule has 0 radical (unpaired) electrons. The number of piperidine rings is 2. The summed E-state index contributed by atoms with van der Waals surface area (Å²) in [5.41, 5.74) is 1.37. The molecule has 7 heteroatoms. The van der Waals surface area contributed by atoms with Crippen molar-refractivity contribution in [3.05, 3.63) is 34.9 Å². The van der Waals surface area contributed by atoms with Crippen LogP contribution in [0.4, 0.5) is 0 Å². The molecule has 164 valence electrons. The minimum absolute atomic E-state index is 0. The molecule has 1 N–H and O–H groups in total. The molecule has 2 aliphatic heterocycles. The molecule has 0 unspecified atom stereocenters. The molecule has 0 atom stereocenters. The van der Waals surface area contributed by atoms with E-state index in [-0.39, 0.29) is 29.5 Å². The van der Waals surface area contributed by atoms with Crippen molar-refractivity contribution >= 4 is 41.5 Å². The van der Waals surface area contributed by atoms with E-state index >= 15 is 0 Å². The normalized spacial score (nSPS) is 20.8. The molecule has 0 aliphatic carbocycles. The van der Waals surface area contributed by atoms with Crippen LogP contribution in [0.25, 0.3) is 0 Å². The monoisotopic (exact) mass is 533 g/mol. The van der Waals surface area contributed by atoms with E-state index in [1.54, 1.807) is 0 Å². The summed E-state index contributed by atoms with van der Waals surface area (Å²) in [6.45, 7) is 6.52. The lowest BCUT2D eigenvalue weighted by molar-refractivity contribution is 0.0170. The van der Waals surface area contributed by atoms with Gasteiger partial charge in [-0.25, -0.2) is 0 Å². The SMILES string of the molecule is CN=C(NCC1(N2CCCCC2)CCN(C)CC1)N(C)Cc1ccccc1Cl.I. The number of benzene rings is 1. The fraction of sp³-hybridized carbons (Fsp3) is 0.682.